The van der Waals surface area contributed by atoms with Gasteiger partial charge in [0.05, 0.1) is 12.7 Å². The van der Waals surface area contributed by atoms with Gasteiger partial charge >= 0.3 is 0 Å². The van der Waals surface area contributed by atoms with Crippen molar-refractivity contribution in [3.63, 3.8) is 0 Å². The Balaban J connectivity index is 2.18. The highest BCUT2D eigenvalue weighted by molar-refractivity contribution is 5.31. The molecule has 1 heterocycles. The Morgan fingerprint density at radius 1 is 1.38 bits per heavy atom. The summed E-state index contributed by atoms with van der Waals surface area (Å²) < 4.78 is 5.84. The van der Waals surface area contributed by atoms with Gasteiger partial charge in [0, 0.05) is 6.04 Å². The molecule has 0 radical (unpaired) electrons. The van der Waals surface area contributed by atoms with Crippen molar-refractivity contribution >= 4 is 0 Å². The van der Waals surface area contributed by atoms with E-state index in [1.54, 1.807) is 0 Å². The molecule has 2 atom stereocenters. The van der Waals surface area contributed by atoms with Crippen LogP contribution < -0.4 is 5.73 Å². The fourth-order valence-electron chi connectivity index (χ4n) is 2.45. The normalized spacial score (nSPS) is 21.9. The summed E-state index contributed by atoms with van der Waals surface area (Å²) in [7, 11) is 0. The molecule has 0 aliphatic carbocycles. The molecule has 0 amide bonds. The zero-order valence-electron chi connectivity index (χ0n) is 10.1. The van der Waals surface area contributed by atoms with E-state index in [2.05, 4.69) is 38.1 Å². The largest absolute Gasteiger partial charge is 0.372 e. The zero-order valence-corrected chi connectivity index (χ0v) is 10.1. The molecule has 2 rings (SSSR count). The van der Waals surface area contributed by atoms with Gasteiger partial charge in [0.1, 0.15) is 0 Å². The lowest BCUT2D eigenvalue weighted by molar-refractivity contribution is 0.0201. The number of ether oxygens (including phenoxy) is 1. The van der Waals surface area contributed by atoms with E-state index >= 15 is 0 Å². The van der Waals surface area contributed by atoms with E-state index in [0.717, 1.165) is 19.4 Å². The highest BCUT2D eigenvalue weighted by Gasteiger charge is 2.26. The minimum Gasteiger partial charge on any atom is -0.372 e. The van der Waals surface area contributed by atoms with Crippen molar-refractivity contribution in [2.75, 3.05) is 6.61 Å². The van der Waals surface area contributed by atoms with Gasteiger partial charge in [0.2, 0.25) is 0 Å². The Morgan fingerprint density at radius 3 is 2.88 bits per heavy atom. The smallest absolute Gasteiger partial charge is 0.0978 e. The van der Waals surface area contributed by atoms with Gasteiger partial charge in [-0.15, -0.1) is 0 Å². The molecule has 1 aliphatic heterocycles. The molecule has 1 aromatic carbocycles. The summed E-state index contributed by atoms with van der Waals surface area (Å²) in [5, 5.41) is 0. The third-order valence-corrected chi connectivity index (χ3v) is 3.16. The molecule has 0 spiro atoms. The monoisotopic (exact) mass is 219 g/mol. The number of benzene rings is 1. The molecule has 1 aliphatic rings. The third-order valence-electron chi connectivity index (χ3n) is 3.16. The second-order valence-corrected chi connectivity index (χ2v) is 5.03. The van der Waals surface area contributed by atoms with E-state index < -0.39 is 0 Å². The fraction of sp³-hybridized carbons (Fsp3) is 0.571. The lowest BCUT2D eigenvalue weighted by atomic mass is 9.90. The molecular weight excluding hydrogens is 198 g/mol. The van der Waals surface area contributed by atoms with Crippen molar-refractivity contribution in [2.24, 2.45) is 11.7 Å². The first kappa shape index (κ1) is 11.6. The molecular formula is C14H21NO. The molecule has 2 unspecified atom stereocenters. The Kier molecular flexibility index (Phi) is 3.62. The number of hydrogen-bond donors (Lipinski definition) is 1. The van der Waals surface area contributed by atoms with Gasteiger partial charge in [-0.1, -0.05) is 38.1 Å². The number of fused-ring (bicyclic) bond motifs is 1. The third kappa shape index (κ3) is 2.45. The average Bonchev–Trinajstić information content (AvgIpc) is 2.27. The Labute approximate surface area is 97.8 Å². The molecule has 2 nitrogen and oxygen atoms in total. The molecule has 16 heavy (non-hydrogen) atoms. The first-order chi connectivity index (χ1) is 7.68. The molecule has 2 heteroatoms. The van der Waals surface area contributed by atoms with Crippen LogP contribution in [0.15, 0.2) is 24.3 Å². The van der Waals surface area contributed by atoms with Gasteiger partial charge in [0.25, 0.3) is 0 Å². The Bertz CT molecular complexity index is 348. The maximum atomic E-state index is 6.24. The average molecular weight is 219 g/mol. The van der Waals surface area contributed by atoms with Crippen LogP contribution in [0.5, 0.6) is 0 Å². The maximum Gasteiger partial charge on any atom is 0.0978 e. The minimum absolute atomic E-state index is 0.0901. The van der Waals surface area contributed by atoms with Crippen LogP contribution in [0.25, 0.3) is 0 Å². The molecule has 0 saturated carbocycles. The van der Waals surface area contributed by atoms with Crippen molar-refractivity contribution in [2.45, 2.75) is 38.8 Å². The van der Waals surface area contributed by atoms with E-state index in [9.17, 15) is 0 Å². The molecule has 88 valence electrons. The summed E-state index contributed by atoms with van der Waals surface area (Å²) >= 11 is 0. The molecule has 1 aromatic rings. The Morgan fingerprint density at radius 2 is 2.12 bits per heavy atom. The van der Waals surface area contributed by atoms with Gasteiger partial charge < -0.3 is 10.5 Å². The van der Waals surface area contributed by atoms with Gasteiger partial charge in [-0.3, -0.25) is 0 Å². The molecule has 0 fully saturated rings. The van der Waals surface area contributed by atoms with E-state index in [0.29, 0.717) is 5.92 Å². The van der Waals surface area contributed by atoms with E-state index in [4.69, 9.17) is 10.5 Å². The molecule has 2 N–H and O–H groups in total. The number of nitrogens with two attached hydrogens (primary N) is 1. The van der Waals surface area contributed by atoms with Crippen molar-refractivity contribution in [1.82, 2.24) is 0 Å². The van der Waals surface area contributed by atoms with Crippen molar-refractivity contribution < 1.29 is 4.74 Å². The molecule has 0 saturated heterocycles. The SMILES string of the molecule is CC(C)CC(N)C1OCCc2ccccc21. The lowest BCUT2D eigenvalue weighted by Gasteiger charge is -2.31. The van der Waals surface area contributed by atoms with E-state index in [1.807, 2.05) is 0 Å². The van der Waals surface area contributed by atoms with Crippen LogP contribution >= 0.6 is 0 Å². The molecule has 0 bridgehead atoms. The first-order valence-corrected chi connectivity index (χ1v) is 6.13. The number of hydrogen-bond acceptors (Lipinski definition) is 2. The summed E-state index contributed by atoms with van der Waals surface area (Å²) in [5.41, 5.74) is 8.93. The summed E-state index contributed by atoms with van der Waals surface area (Å²) in [4.78, 5) is 0. The fourth-order valence-corrected chi connectivity index (χ4v) is 2.45. The first-order valence-electron chi connectivity index (χ1n) is 6.13. The van der Waals surface area contributed by atoms with Crippen LogP contribution in [-0.2, 0) is 11.2 Å². The van der Waals surface area contributed by atoms with Gasteiger partial charge in [-0.2, -0.15) is 0 Å². The van der Waals surface area contributed by atoms with Crippen LogP contribution in [0.1, 0.15) is 37.5 Å². The van der Waals surface area contributed by atoms with Gasteiger partial charge in [-0.25, -0.2) is 0 Å². The summed E-state index contributed by atoms with van der Waals surface area (Å²) in [6, 6.07) is 8.62. The standard InChI is InChI=1S/C14H21NO/c1-10(2)9-13(15)14-12-6-4-3-5-11(12)7-8-16-14/h3-6,10,13-14H,7-9,15H2,1-2H3. The number of rotatable bonds is 3. The van der Waals surface area contributed by atoms with Crippen LogP contribution in [0.3, 0.4) is 0 Å². The van der Waals surface area contributed by atoms with E-state index in [1.165, 1.54) is 11.1 Å². The van der Waals surface area contributed by atoms with E-state index in [-0.39, 0.29) is 12.1 Å². The van der Waals surface area contributed by atoms with Crippen LogP contribution in [0.4, 0.5) is 0 Å². The zero-order chi connectivity index (χ0) is 11.5. The van der Waals surface area contributed by atoms with Crippen LogP contribution in [-0.4, -0.2) is 12.6 Å². The maximum absolute atomic E-state index is 6.24. The van der Waals surface area contributed by atoms with Gasteiger partial charge in [-0.05, 0) is 29.9 Å². The van der Waals surface area contributed by atoms with Crippen LogP contribution in [0.2, 0.25) is 0 Å². The second kappa shape index (κ2) is 4.98. The minimum atomic E-state index is 0.0901. The summed E-state index contributed by atoms with van der Waals surface area (Å²) in [6.07, 6.45) is 2.12. The highest BCUT2D eigenvalue weighted by atomic mass is 16.5. The highest BCUT2D eigenvalue weighted by Crippen LogP contribution is 2.30. The second-order valence-electron chi connectivity index (χ2n) is 5.03. The predicted molar refractivity (Wildman–Crippen MR) is 66.3 cm³/mol. The topological polar surface area (TPSA) is 35.2 Å². The van der Waals surface area contributed by atoms with Crippen molar-refractivity contribution in [1.29, 1.82) is 0 Å². The quantitative estimate of drug-likeness (QED) is 0.848. The summed E-state index contributed by atoms with van der Waals surface area (Å²) in [5.74, 6) is 0.618. The molecule has 0 aromatic heterocycles. The van der Waals surface area contributed by atoms with Gasteiger partial charge in [0.15, 0.2) is 0 Å². The van der Waals surface area contributed by atoms with Crippen molar-refractivity contribution in [3.05, 3.63) is 35.4 Å². The van der Waals surface area contributed by atoms with Crippen molar-refractivity contribution in [3.8, 4) is 0 Å². The van der Waals surface area contributed by atoms with Crippen LogP contribution in [0, 0.1) is 5.92 Å². The Hall–Kier alpha value is -0.860. The lowest BCUT2D eigenvalue weighted by Crippen LogP contribution is -2.34. The summed E-state index contributed by atoms with van der Waals surface area (Å²) in [6.45, 7) is 5.21. The predicted octanol–water partition coefficient (Wildman–Crippen LogP) is 2.67.